The molecule has 0 spiro atoms. The maximum Gasteiger partial charge on any atom is 0.230 e. The highest BCUT2D eigenvalue weighted by Crippen LogP contribution is 2.30. The largest absolute Gasteiger partial charge is 0.467 e. The molecule has 3 rings (SSSR count). The molecule has 1 aromatic carbocycles. The van der Waals surface area contributed by atoms with E-state index < -0.39 is 0 Å². The van der Waals surface area contributed by atoms with Gasteiger partial charge in [-0.15, -0.1) is 0 Å². The van der Waals surface area contributed by atoms with Crippen molar-refractivity contribution in [3.8, 4) is 0 Å². The third kappa shape index (κ3) is 2.50. The van der Waals surface area contributed by atoms with Crippen molar-refractivity contribution in [3.05, 3.63) is 60.1 Å². The SMILES string of the molecule is O=C1CC(c2ccccc2)CC(=O)N1Cc1ccco1. The third-order valence-electron chi connectivity index (χ3n) is 3.61. The molecular formula is C16H15NO3. The number of hydrogen-bond acceptors (Lipinski definition) is 3. The van der Waals surface area contributed by atoms with Gasteiger partial charge >= 0.3 is 0 Å². The van der Waals surface area contributed by atoms with E-state index in [0.29, 0.717) is 18.6 Å². The van der Waals surface area contributed by atoms with Crippen molar-refractivity contribution in [1.29, 1.82) is 0 Å². The van der Waals surface area contributed by atoms with E-state index in [1.807, 2.05) is 30.3 Å². The van der Waals surface area contributed by atoms with Gasteiger partial charge in [0, 0.05) is 18.8 Å². The Morgan fingerprint density at radius 1 is 1.00 bits per heavy atom. The van der Waals surface area contributed by atoms with Crippen molar-refractivity contribution in [2.45, 2.75) is 25.3 Å². The van der Waals surface area contributed by atoms with E-state index in [9.17, 15) is 9.59 Å². The molecule has 4 heteroatoms. The zero-order valence-electron chi connectivity index (χ0n) is 11.0. The van der Waals surface area contributed by atoms with Gasteiger partial charge in [-0.05, 0) is 17.7 Å². The van der Waals surface area contributed by atoms with Crippen molar-refractivity contribution in [1.82, 2.24) is 4.90 Å². The van der Waals surface area contributed by atoms with Crippen LogP contribution in [0, 0.1) is 0 Å². The summed E-state index contributed by atoms with van der Waals surface area (Å²) in [6, 6.07) is 13.2. The molecule has 102 valence electrons. The smallest absolute Gasteiger partial charge is 0.230 e. The molecule has 0 saturated carbocycles. The molecule has 20 heavy (non-hydrogen) atoms. The molecule has 0 bridgehead atoms. The number of benzene rings is 1. The van der Waals surface area contributed by atoms with E-state index in [1.54, 1.807) is 18.4 Å². The van der Waals surface area contributed by atoms with Crippen LogP contribution in [0.3, 0.4) is 0 Å². The molecule has 1 aliphatic heterocycles. The van der Waals surface area contributed by atoms with Crippen molar-refractivity contribution in [3.63, 3.8) is 0 Å². The quantitative estimate of drug-likeness (QED) is 0.805. The summed E-state index contributed by atoms with van der Waals surface area (Å²) < 4.78 is 5.20. The van der Waals surface area contributed by atoms with Gasteiger partial charge in [-0.1, -0.05) is 30.3 Å². The number of nitrogens with zero attached hydrogens (tertiary/aromatic N) is 1. The Kier molecular flexibility index (Phi) is 3.37. The first-order valence-electron chi connectivity index (χ1n) is 6.64. The molecular weight excluding hydrogens is 254 g/mol. The average Bonchev–Trinajstić information content (AvgIpc) is 2.97. The summed E-state index contributed by atoms with van der Waals surface area (Å²) in [7, 11) is 0. The topological polar surface area (TPSA) is 50.5 Å². The summed E-state index contributed by atoms with van der Waals surface area (Å²) in [4.78, 5) is 25.6. The molecule has 4 nitrogen and oxygen atoms in total. The maximum absolute atomic E-state index is 12.2. The highest BCUT2D eigenvalue weighted by Gasteiger charge is 2.33. The minimum Gasteiger partial charge on any atom is -0.467 e. The second-order valence-corrected chi connectivity index (χ2v) is 4.97. The van der Waals surface area contributed by atoms with Crippen molar-refractivity contribution >= 4 is 11.8 Å². The van der Waals surface area contributed by atoms with Crippen LogP contribution in [0.15, 0.2) is 53.1 Å². The molecule has 2 amide bonds. The minimum atomic E-state index is -0.133. The molecule has 0 atom stereocenters. The Bertz CT molecular complexity index is 586. The fourth-order valence-electron chi connectivity index (χ4n) is 2.55. The number of rotatable bonds is 3. The Labute approximate surface area is 117 Å². The Balaban J connectivity index is 1.73. The van der Waals surface area contributed by atoms with Gasteiger partial charge in [-0.2, -0.15) is 0 Å². The summed E-state index contributed by atoms with van der Waals surface area (Å²) in [5, 5.41) is 0. The van der Waals surface area contributed by atoms with Crippen LogP contribution in [-0.4, -0.2) is 16.7 Å². The monoisotopic (exact) mass is 269 g/mol. The summed E-state index contributed by atoms with van der Waals surface area (Å²) in [6.45, 7) is 0.228. The lowest BCUT2D eigenvalue weighted by Crippen LogP contribution is -2.42. The lowest BCUT2D eigenvalue weighted by Gasteiger charge is -2.29. The number of imide groups is 1. The van der Waals surface area contributed by atoms with E-state index in [0.717, 1.165) is 5.56 Å². The van der Waals surface area contributed by atoms with Crippen LogP contribution < -0.4 is 0 Å². The molecule has 1 saturated heterocycles. The fourth-order valence-corrected chi connectivity index (χ4v) is 2.55. The lowest BCUT2D eigenvalue weighted by atomic mass is 9.88. The van der Waals surface area contributed by atoms with Crippen LogP contribution in [0.25, 0.3) is 0 Å². The molecule has 1 aliphatic rings. The zero-order valence-corrected chi connectivity index (χ0v) is 11.0. The van der Waals surface area contributed by atoms with Gasteiger partial charge in [0.25, 0.3) is 0 Å². The molecule has 1 fully saturated rings. The first-order valence-corrected chi connectivity index (χ1v) is 6.64. The van der Waals surface area contributed by atoms with Crippen molar-refractivity contribution in [2.24, 2.45) is 0 Å². The van der Waals surface area contributed by atoms with E-state index >= 15 is 0 Å². The van der Waals surface area contributed by atoms with Gasteiger partial charge in [0.2, 0.25) is 11.8 Å². The molecule has 2 aromatic rings. The zero-order chi connectivity index (χ0) is 13.9. The minimum absolute atomic E-state index is 0.0101. The first-order chi connectivity index (χ1) is 9.74. The molecule has 1 aromatic heterocycles. The highest BCUT2D eigenvalue weighted by atomic mass is 16.3. The fraction of sp³-hybridized carbons (Fsp3) is 0.250. The Morgan fingerprint density at radius 2 is 1.70 bits per heavy atom. The van der Waals surface area contributed by atoms with Crippen LogP contribution in [0.1, 0.15) is 30.1 Å². The Morgan fingerprint density at radius 3 is 2.30 bits per heavy atom. The second-order valence-electron chi connectivity index (χ2n) is 4.97. The van der Waals surface area contributed by atoms with Crippen LogP contribution in [-0.2, 0) is 16.1 Å². The number of piperidine rings is 1. The molecule has 0 unspecified atom stereocenters. The van der Waals surface area contributed by atoms with E-state index in [1.165, 1.54) is 4.90 Å². The second kappa shape index (κ2) is 5.33. The van der Waals surface area contributed by atoms with Gasteiger partial charge in [-0.3, -0.25) is 14.5 Å². The van der Waals surface area contributed by atoms with Crippen LogP contribution >= 0.6 is 0 Å². The standard InChI is InChI=1S/C16H15NO3/c18-15-9-13(12-5-2-1-3-6-12)10-16(19)17(15)11-14-7-4-8-20-14/h1-8,13H,9-11H2. The predicted molar refractivity (Wildman–Crippen MR) is 72.7 cm³/mol. The normalized spacial score (nSPS) is 16.7. The van der Waals surface area contributed by atoms with Crippen LogP contribution in [0.2, 0.25) is 0 Å². The summed E-state index contributed by atoms with van der Waals surface area (Å²) in [6.07, 6.45) is 2.29. The predicted octanol–water partition coefficient (Wildman–Crippen LogP) is 2.71. The number of amides is 2. The number of furan rings is 1. The lowest BCUT2D eigenvalue weighted by molar-refractivity contribution is -0.149. The number of likely N-dealkylation sites (tertiary alicyclic amines) is 1. The maximum atomic E-state index is 12.2. The van der Waals surface area contributed by atoms with Crippen molar-refractivity contribution < 1.29 is 14.0 Å². The van der Waals surface area contributed by atoms with Gasteiger partial charge in [0.05, 0.1) is 12.8 Å². The molecule has 0 radical (unpaired) electrons. The molecule has 0 N–H and O–H groups in total. The van der Waals surface area contributed by atoms with Gasteiger partial charge in [-0.25, -0.2) is 0 Å². The van der Waals surface area contributed by atoms with Gasteiger partial charge < -0.3 is 4.42 Å². The van der Waals surface area contributed by atoms with Crippen LogP contribution in [0.4, 0.5) is 0 Å². The molecule has 0 aliphatic carbocycles. The number of hydrogen-bond donors (Lipinski definition) is 0. The van der Waals surface area contributed by atoms with Gasteiger partial charge in [0.1, 0.15) is 5.76 Å². The summed E-state index contributed by atoms with van der Waals surface area (Å²) >= 11 is 0. The van der Waals surface area contributed by atoms with E-state index in [2.05, 4.69) is 0 Å². The van der Waals surface area contributed by atoms with Crippen molar-refractivity contribution in [2.75, 3.05) is 0 Å². The number of carbonyl (C=O) groups is 2. The highest BCUT2D eigenvalue weighted by molar-refractivity contribution is 5.98. The van der Waals surface area contributed by atoms with Gasteiger partial charge in [0.15, 0.2) is 0 Å². The van der Waals surface area contributed by atoms with E-state index in [4.69, 9.17) is 4.42 Å². The molecule has 2 heterocycles. The number of carbonyl (C=O) groups excluding carboxylic acids is 2. The first kappa shape index (κ1) is 12.7. The summed E-state index contributed by atoms with van der Waals surface area (Å²) in [5.74, 6) is 0.354. The third-order valence-corrected chi connectivity index (χ3v) is 3.61. The average molecular weight is 269 g/mol. The summed E-state index contributed by atoms with van der Waals surface area (Å²) in [5.41, 5.74) is 1.05. The van der Waals surface area contributed by atoms with Crippen LogP contribution in [0.5, 0.6) is 0 Å². The Hall–Kier alpha value is -2.36. The van der Waals surface area contributed by atoms with E-state index in [-0.39, 0.29) is 24.3 Å².